The minimum atomic E-state index is -0.252. The van der Waals surface area contributed by atoms with Crippen molar-refractivity contribution in [3.8, 4) is 11.5 Å². The molecule has 0 spiro atoms. The van der Waals surface area contributed by atoms with E-state index in [4.69, 9.17) is 9.47 Å². The highest BCUT2D eigenvalue weighted by atomic mass is 32.2. The number of aromatic amines is 1. The van der Waals surface area contributed by atoms with E-state index < -0.39 is 0 Å². The van der Waals surface area contributed by atoms with Gasteiger partial charge in [-0.15, -0.1) is 0 Å². The van der Waals surface area contributed by atoms with Crippen LogP contribution >= 0.6 is 11.8 Å². The van der Waals surface area contributed by atoms with Gasteiger partial charge in [0.2, 0.25) is 0 Å². The van der Waals surface area contributed by atoms with Gasteiger partial charge in [0.1, 0.15) is 22.7 Å². The average molecular weight is 344 g/mol. The minimum absolute atomic E-state index is 0.252. The summed E-state index contributed by atoms with van der Waals surface area (Å²) in [4.78, 5) is 23.6. The van der Waals surface area contributed by atoms with Crippen LogP contribution in [-0.2, 0) is 0 Å². The summed E-state index contributed by atoms with van der Waals surface area (Å²) < 4.78 is 10.5. The van der Waals surface area contributed by atoms with Crippen molar-refractivity contribution in [3.05, 3.63) is 40.8 Å². The second-order valence-electron chi connectivity index (χ2n) is 4.85. The van der Waals surface area contributed by atoms with E-state index in [9.17, 15) is 4.79 Å². The number of rotatable bonds is 5. The summed E-state index contributed by atoms with van der Waals surface area (Å²) in [6.45, 7) is 0. The van der Waals surface area contributed by atoms with Crippen LogP contribution < -0.4 is 20.3 Å². The third-order valence-corrected chi connectivity index (χ3v) is 3.94. The lowest BCUT2D eigenvalue weighted by Gasteiger charge is -2.12. The van der Waals surface area contributed by atoms with Crippen molar-refractivity contribution in [1.29, 1.82) is 0 Å². The summed E-state index contributed by atoms with van der Waals surface area (Å²) in [5.41, 5.74) is 1.02. The lowest BCUT2D eigenvalue weighted by atomic mass is 10.2. The summed E-state index contributed by atoms with van der Waals surface area (Å²) in [5.74, 6) is 1.70. The first kappa shape index (κ1) is 16.1. The highest BCUT2D eigenvalue weighted by Gasteiger charge is 2.12. The molecular weight excluding hydrogens is 328 g/mol. The summed E-state index contributed by atoms with van der Waals surface area (Å²) >= 11 is 1.41. The topological polar surface area (TPSA) is 89.1 Å². The Labute approximate surface area is 142 Å². The zero-order valence-electron chi connectivity index (χ0n) is 13.4. The number of pyridine rings is 1. The monoisotopic (exact) mass is 344 g/mol. The van der Waals surface area contributed by atoms with Crippen molar-refractivity contribution in [2.45, 2.75) is 5.16 Å². The molecule has 0 aliphatic rings. The van der Waals surface area contributed by atoms with Gasteiger partial charge >= 0.3 is 0 Å². The van der Waals surface area contributed by atoms with Gasteiger partial charge in [0, 0.05) is 30.1 Å². The van der Waals surface area contributed by atoms with Crippen LogP contribution in [0.3, 0.4) is 0 Å². The van der Waals surface area contributed by atoms with Crippen LogP contribution in [0.15, 0.2) is 40.4 Å². The normalized spacial score (nSPS) is 10.6. The number of hydrogen-bond donors (Lipinski definition) is 2. The molecule has 2 aromatic heterocycles. The van der Waals surface area contributed by atoms with Crippen LogP contribution in [-0.4, -0.2) is 35.4 Å². The molecule has 0 fully saturated rings. The number of H-pyrrole nitrogens is 1. The van der Waals surface area contributed by atoms with Crippen molar-refractivity contribution >= 4 is 34.2 Å². The first-order chi connectivity index (χ1) is 11.6. The number of methoxy groups -OCH3 is 2. The van der Waals surface area contributed by atoms with Gasteiger partial charge in [-0.25, -0.2) is 9.97 Å². The van der Waals surface area contributed by atoms with Crippen LogP contribution in [0.2, 0.25) is 0 Å². The first-order valence-electron chi connectivity index (χ1n) is 7.08. The molecule has 0 aliphatic carbocycles. The standard InChI is InChI=1S/C16H16N4O3S/c1-22-10-6-9(7-11(8-10)23-2)18-14-13-12(4-5-17-15(13)21)19-16(20-14)24-3/h4-8H,1-3H3,(H,17,21)(H,18,19,20). The highest BCUT2D eigenvalue weighted by Crippen LogP contribution is 2.29. The molecule has 24 heavy (non-hydrogen) atoms. The van der Waals surface area contributed by atoms with Crippen molar-refractivity contribution in [1.82, 2.24) is 15.0 Å². The van der Waals surface area contributed by atoms with Gasteiger partial charge in [-0.2, -0.15) is 0 Å². The van der Waals surface area contributed by atoms with E-state index in [0.29, 0.717) is 39.1 Å². The van der Waals surface area contributed by atoms with Crippen molar-refractivity contribution in [2.75, 3.05) is 25.8 Å². The van der Waals surface area contributed by atoms with Gasteiger partial charge in [-0.05, 0) is 12.3 Å². The fourth-order valence-corrected chi connectivity index (χ4v) is 2.64. The molecule has 0 saturated carbocycles. The summed E-state index contributed by atoms with van der Waals surface area (Å²) in [6, 6.07) is 7.11. The van der Waals surface area contributed by atoms with E-state index in [1.807, 2.05) is 6.26 Å². The number of hydrogen-bond acceptors (Lipinski definition) is 7. The molecule has 3 aromatic rings. The molecule has 3 rings (SSSR count). The summed E-state index contributed by atoms with van der Waals surface area (Å²) in [7, 11) is 3.16. The second-order valence-corrected chi connectivity index (χ2v) is 5.63. The van der Waals surface area contributed by atoms with Crippen LogP contribution in [0.4, 0.5) is 11.5 Å². The van der Waals surface area contributed by atoms with Gasteiger partial charge in [0.15, 0.2) is 5.16 Å². The number of aromatic nitrogens is 3. The van der Waals surface area contributed by atoms with E-state index in [0.717, 1.165) is 0 Å². The van der Waals surface area contributed by atoms with Crippen molar-refractivity contribution < 1.29 is 9.47 Å². The third kappa shape index (κ3) is 3.13. The number of ether oxygens (including phenoxy) is 2. The molecule has 0 radical (unpaired) electrons. The summed E-state index contributed by atoms with van der Waals surface area (Å²) in [6.07, 6.45) is 3.45. The Bertz CT molecular complexity index is 920. The number of fused-ring (bicyclic) bond motifs is 1. The summed E-state index contributed by atoms with van der Waals surface area (Å²) in [5, 5.41) is 4.14. The quantitative estimate of drug-likeness (QED) is 0.543. The number of thioether (sulfide) groups is 1. The lowest BCUT2D eigenvalue weighted by Crippen LogP contribution is -2.10. The Balaban J connectivity index is 2.14. The molecular formula is C16H16N4O3S. The van der Waals surface area contributed by atoms with Crippen LogP contribution in [0, 0.1) is 0 Å². The van der Waals surface area contributed by atoms with E-state index in [1.54, 1.807) is 44.7 Å². The van der Waals surface area contributed by atoms with E-state index in [2.05, 4.69) is 20.3 Å². The molecule has 2 heterocycles. The Kier molecular flexibility index (Phi) is 4.57. The van der Waals surface area contributed by atoms with E-state index in [1.165, 1.54) is 11.8 Å². The minimum Gasteiger partial charge on any atom is -0.497 e. The Hall–Kier alpha value is -2.74. The predicted molar refractivity (Wildman–Crippen MR) is 94.8 cm³/mol. The predicted octanol–water partition coefficient (Wildman–Crippen LogP) is 2.80. The molecule has 0 atom stereocenters. The zero-order valence-corrected chi connectivity index (χ0v) is 14.2. The van der Waals surface area contributed by atoms with Crippen molar-refractivity contribution in [2.24, 2.45) is 0 Å². The van der Waals surface area contributed by atoms with Gasteiger partial charge in [0.25, 0.3) is 5.56 Å². The highest BCUT2D eigenvalue weighted by molar-refractivity contribution is 7.98. The number of nitrogens with one attached hydrogen (secondary N) is 2. The van der Waals surface area contributed by atoms with Gasteiger partial charge in [-0.1, -0.05) is 11.8 Å². The third-order valence-electron chi connectivity index (χ3n) is 3.40. The Morgan fingerprint density at radius 1 is 1.12 bits per heavy atom. The molecule has 0 bridgehead atoms. The molecule has 124 valence electrons. The smallest absolute Gasteiger partial charge is 0.261 e. The first-order valence-corrected chi connectivity index (χ1v) is 8.30. The molecule has 7 nitrogen and oxygen atoms in total. The van der Waals surface area contributed by atoms with Gasteiger partial charge < -0.3 is 19.8 Å². The zero-order chi connectivity index (χ0) is 17.1. The molecule has 2 N–H and O–H groups in total. The van der Waals surface area contributed by atoms with Crippen LogP contribution in [0.25, 0.3) is 10.9 Å². The molecule has 1 aromatic carbocycles. The molecule has 0 saturated heterocycles. The fraction of sp³-hybridized carbons (Fsp3) is 0.188. The van der Waals surface area contributed by atoms with Crippen LogP contribution in [0.5, 0.6) is 11.5 Å². The number of anilines is 2. The van der Waals surface area contributed by atoms with E-state index in [-0.39, 0.29) is 5.56 Å². The van der Waals surface area contributed by atoms with Crippen LogP contribution in [0.1, 0.15) is 0 Å². The van der Waals surface area contributed by atoms with Crippen molar-refractivity contribution in [3.63, 3.8) is 0 Å². The molecule has 0 unspecified atom stereocenters. The Morgan fingerprint density at radius 2 is 1.83 bits per heavy atom. The largest absolute Gasteiger partial charge is 0.497 e. The molecule has 0 amide bonds. The van der Waals surface area contributed by atoms with Gasteiger partial charge in [-0.3, -0.25) is 4.79 Å². The molecule has 0 aliphatic heterocycles. The average Bonchev–Trinajstić information content (AvgIpc) is 2.61. The number of nitrogens with zero attached hydrogens (tertiary/aromatic N) is 2. The fourth-order valence-electron chi connectivity index (χ4n) is 2.27. The maximum atomic E-state index is 12.2. The SMILES string of the molecule is COc1cc(Nc2nc(SC)nc3cc[nH]c(=O)c23)cc(OC)c1. The number of benzene rings is 1. The van der Waals surface area contributed by atoms with Gasteiger partial charge in [0.05, 0.1) is 19.7 Å². The second kappa shape index (κ2) is 6.79. The Morgan fingerprint density at radius 3 is 2.46 bits per heavy atom. The maximum absolute atomic E-state index is 12.2. The maximum Gasteiger partial charge on any atom is 0.261 e. The molecule has 8 heteroatoms. The van der Waals surface area contributed by atoms with E-state index >= 15 is 0 Å². The lowest BCUT2D eigenvalue weighted by molar-refractivity contribution is 0.395.